The van der Waals surface area contributed by atoms with E-state index in [0.717, 1.165) is 0 Å². The molecule has 88 valence electrons. The molecule has 0 amide bonds. The van der Waals surface area contributed by atoms with Gasteiger partial charge in [0.2, 0.25) is 0 Å². The van der Waals surface area contributed by atoms with Crippen LogP contribution in [0.15, 0.2) is 24.0 Å². The third kappa shape index (κ3) is 6.68. The standard InChI is InChI=1S/C10H18O5/c1-11-9(12-2)5-7-15-8-6-10(13-3)14-4/h5-6H,7-8H2,1-4H3. The summed E-state index contributed by atoms with van der Waals surface area (Å²) in [4.78, 5) is 0. The van der Waals surface area contributed by atoms with Crippen molar-refractivity contribution in [1.29, 1.82) is 0 Å². The summed E-state index contributed by atoms with van der Waals surface area (Å²) in [6.07, 6.45) is 3.38. The van der Waals surface area contributed by atoms with Crippen molar-refractivity contribution in [2.24, 2.45) is 0 Å². The Hall–Kier alpha value is -1.36. The summed E-state index contributed by atoms with van der Waals surface area (Å²) < 4.78 is 24.7. The topological polar surface area (TPSA) is 46.2 Å². The Morgan fingerprint density at radius 3 is 1.33 bits per heavy atom. The maximum atomic E-state index is 5.23. The summed E-state index contributed by atoms with van der Waals surface area (Å²) in [5.41, 5.74) is 0. The summed E-state index contributed by atoms with van der Waals surface area (Å²) in [6, 6.07) is 0. The Labute approximate surface area is 90.2 Å². The van der Waals surface area contributed by atoms with E-state index in [1.165, 1.54) is 28.4 Å². The first-order chi connectivity index (χ1) is 7.28. The Bertz CT molecular complexity index is 176. The van der Waals surface area contributed by atoms with Gasteiger partial charge in [0.15, 0.2) is 0 Å². The van der Waals surface area contributed by atoms with Gasteiger partial charge < -0.3 is 23.7 Å². The predicted octanol–water partition coefficient (Wildman–Crippen LogP) is 1.27. The summed E-state index contributed by atoms with van der Waals surface area (Å²) in [5.74, 6) is 0.857. The van der Waals surface area contributed by atoms with Crippen LogP contribution in [-0.2, 0) is 23.7 Å². The van der Waals surface area contributed by atoms with E-state index in [0.29, 0.717) is 25.1 Å². The van der Waals surface area contributed by atoms with Crippen molar-refractivity contribution < 1.29 is 23.7 Å². The minimum Gasteiger partial charge on any atom is -0.469 e. The molecule has 0 aromatic carbocycles. The lowest BCUT2D eigenvalue weighted by atomic mass is 10.6. The third-order valence-electron chi connectivity index (χ3n) is 1.54. The van der Waals surface area contributed by atoms with E-state index in [2.05, 4.69) is 0 Å². The van der Waals surface area contributed by atoms with Gasteiger partial charge in [0, 0.05) is 12.2 Å². The van der Waals surface area contributed by atoms with E-state index in [1.807, 2.05) is 0 Å². The van der Waals surface area contributed by atoms with Crippen LogP contribution in [0.3, 0.4) is 0 Å². The molecular formula is C10H18O5. The van der Waals surface area contributed by atoms with Gasteiger partial charge in [-0.1, -0.05) is 0 Å². The highest BCUT2D eigenvalue weighted by Gasteiger charge is 1.93. The number of rotatable bonds is 8. The van der Waals surface area contributed by atoms with Crippen LogP contribution in [0.25, 0.3) is 0 Å². The van der Waals surface area contributed by atoms with Crippen molar-refractivity contribution in [3.8, 4) is 0 Å². The first kappa shape index (κ1) is 13.6. The van der Waals surface area contributed by atoms with Gasteiger partial charge in [0.1, 0.15) is 0 Å². The SMILES string of the molecule is COC(=CCOCC=C(OC)OC)OC. The van der Waals surface area contributed by atoms with Gasteiger partial charge in [0.25, 0.3) is 11.9 Å². The van der Waals surface area contributed by atoms with Gasteiger partial charge in [0.05, 0.1) is 41.7 Å². The van der Waals surface area contributed by atoms with Crippen LogP contribution < -0.4 is 0 Å². The minimum absolute atomic E-state index is 0.397. The second-order valence-corrected chi connectivity index (χ2v) is 2.40. The van der Waals surface area contributed by atoms with Crippen molar-refractivity contribution in [3.05, 3.63) is 24.0 Å². The Balaban J connectivity index is 3.70. The first-order valence-corrected chi connectivity index (χ1v) is 4.42. The molecule has 0 unspecified atom stereocenters. The summed E-state index contributed by atoms with van der Waals surface area (Å²) in [7, 11) is 6.12. The highest BCUT2D eigenvalue weighted by Crippen LogP contribution is 1.97. The quantitative estimate of drug-likeness (QED) is 0.453. The lowest BCUT2D eigenvalue weighted by Gasteiger charge is -2.04. The number of hydrogen-bond donors (Lipinski definition) is 0. The molecule has 0 aromatic rings. The van der Waals surface area contributed by atoms with Gasteiger partial charge in [-0.05, 0) is 0 Å². The summed E-state index contributed by atoms with van der Waals surface area (Å²) in [6.45, 7) is 0.794. The maximum absolute atomic E-state index is 5.23. The summed E-state index contributed by atoms with van der Waals surface area (Å²) in [5, 5.41) is 0. The fourth-order valence-corrected chi connectivity index (χ4v) is 0.822. The Morgan fingerprint density at radius 2 is 1.07 bits per heavy atom. The van der Waals surface area contributed by atoms with Crippen molar-refractivity contribution in [1.82, 2.24) is 0 Å². The second-order valence-electron chi connectivity index (χ2n) is 2.40. The molecule has 0 saturated carbocycles. The van der Waals surface area contributed by atoms with Crippen molar-refractivity contribution in [2.45, 2.75) is 0 Å². The van der Waals surface area contributed by atoms with Crippen LogP contribution >= 0.6 is 0 Å². The fraction of sp³-hybridized carbons (Fsp3) is 0.600. The maximum Gasteiger partial charge on any atom is 0.276 e. The van der Waals surface area contributed by atoms with E-state index < -0.39 is 0 Å². The smallest absolute Gasteiger partial charge is 0.276 e. The molecule has 0 heterocycles. The van der Waals surface area contributed by atoms with E-state index in [-0.39, 0.29) is 0 Å². The molecule has 0 rings (SSSR count). The lowest BCUT2D eigenvalue weighted by Crippen LogP contribution is -1.98. The summed E-state index contributed by atoms with van der Waals surface area (Å²) >= 11 is 0. The van der Waals surface area contributed by atoms with Crippen LogP contribution in [0.2, 0.25) is 0 Å². The average Bonchev–Trinajstić information content (AvgIpc) is 2.29. The molecule has 5 heteroatoms. The molecule has 0 spiro atoms. The Kier molecular flexibility index (Phi) is 8.37. The predicted molar refractivity (Wildman–Crippen MR) is 55.0 cm³/mol. The molecule has 0 radical (unpaired) electrons. The molecular weight excluding hydrogens is 200 g/mol. The molecule has 0 aromatic heterocycles. The minimum atomic E-state index is 0.397. The molecule has 5 nitrogen and oxygen atoms in total. The average molecular weight is 218 g/mol. The molecule has 0 aliphatic heterocycles. The zero-order valence-electron chi connectivity index (χ0n) is 9.61. The van der Waals surface area contributed by atoms with Gasteiger partial charge >= 0.3 is 0 Å². The van der Waals surface area contributed by atoms with Crippen molar-refractivity contribution in [3.63, 3.8) is 0 Å². The Morgan fingerprint density at radius 1 is 0.733 bits per heavy atom. The van der Waals surface area contributed by atoms with E-state index in [4.69, 9.17) is 23.7 Å². The fourth-order valence-electron chi connectivity index (χ4n) is 0.822. The normalized spacial score (nSPS) is 8.80. The zero-order valence-corrected chi connectivity index (χ0v) is 9.61. The monoisotopic (exact) mass is 218 g/mol. The highest BCUT2D eigenvalue weighted by atomic mass is 16.7. The van der Waals surface area contributed by atoms with Crippen molar-refractivity contribution in [2.75, 3.05) is 41.7 Å². The first-order valence-electron chi connectivity index (χ1n) is 4.42. The highest BCUT2D eigenvalue weighted by molar-refractivity contribution is 4.85. The van der Waals surface area contributed by atoms with Gasteiger partial charge in [-0.25, -0.2) is 0 Å². The van der Waals surface area contributed by atoms with Crippen molar-refractivity contribution >= 4 is 0 Å². The van der Waals surface area contributed by atoms with Gasteiger partial charge in [-0.3, -0.25) is 0 Å². The van der Waals surface area contributed by atoms with Crippen LogP contribution in [0.1, 0.15) is 0 Å². The van der Waals surface area contributed by atoms with E-state index in [1.54, 1.807) is 12.2 Å². The zero-order chi connectivity index (χ0) is 11.5. The number of methoxy groups -OCH3 is 4. The molecule has 0 fully saturated rings. The van der Waals surface area contributed by atoms with E-state index >= 15 is 0 Å². The molecule has 0 bridgehead atoms. The molecule has 0 saturated heterocycles. The molecule has 0 aliphatic carbocycles. The third-order valence-corrected chi connectivity index (χ3v) is 1.54. The van der Waals surface area contributed by atoms with Crippen LogP contribution in [0.4, 0.5) is 0 Å². The second kappa shape index (κ2) is 9.21. The van der Waals surface area contributed by atoms with Gasteiger partial charge in [-0.15, -0.1) is 0 Å². The van der Waals surface area contributed by atoms with Crippen LogP contribution in [-0.4, -0.2) is 41.7 Å². The van der Waals surface area contributed by atoms with Gasteiger partial charge in [-0.2, -0.15) is 0 Å². The number of ether oxygens (including phenoxy) is 5. The van der Waals surface area contributed by atoms with Crippen LogP contribution in [0.5, 0.6) is 0 Å². The molecule has 0 N–H and O–H groups in total. The lowest BCUT2D eigenvalue weighted by molar-refractivity contribution is 0.0822. The largest absolute Gasteiger partial charge is 0.469 e. The molecule has 0 atom stereocenters. The molecule has 15 heavy (non-hydrogen) atoms. The molecule has 0 aliphatic rings. The number of hydrogen-bond acceptors (Lipinski definition) is 5. The van der Waals surface area contributed by atoms with Crippen LogP contribution in [0, 0.1) is 0 Å². The van der Waals surface area contributed by atoms with E-state index in [9.17, 15) is 0 Å².